The second-order valence-electron chi connectivity index (χ2n) is 8.05. The van der Waals surface area contributed by atoms with Crippen LogP contribution < -0.4 is 15.0 Å². The topological polar surface area (TPSA) is 54.5 Å². The summed E-state index contributed by atoms with van der Waals surface area (Å²) >= 11 is 0. The number of pyridine rings is 1. The minimum Gasteiger partial charge on any atom is -0.481 e. The molecule has 2 heterocycles. The molecule has 0 radical (unpaired) electrons. The first-order valence-electron chi connectivity index (χ1n) is 10.7. The van der Waals surface area contributed by atoms with Gasteiger partial charge in [-0.2, -0.15) is 0 Å². The lowest BCUT2D eigenvalue weighted by Crippen LogP contribution is -2.24. The van der Waals surface area contributed by atoms with E-state index in [4.69, 9.17) is 9.72 Å². The fourth-order valence-electron chi connectivity index (χ4n) is 3.99. The summed E-state index contributed by atoms with van der Waals surface area (Å²) in [6.45, 7) is 6.05. The third kappa shape index (κ3) is 4.73. The van der Waals surface area contributed by atoms with Gasteiger partial charge in [-0.25, -0.2) is 4.98 Å². The number of fused-ring (bicyclic) bond motifs is 1. The van der Waals surface area contributed by atoms with Crippen LogP contribution in [-0.2, 0) is 4.79 Å². The fraction of sp³-hybridized carbons (Fsp3) is 0.360. The summed E-state index contributed by atoms with van der Waals surface area (Å²) in [5.74, 6) is 1.45. The van der Waals surface area contributed by atoms with E-state index in [0.29, 0.717) is 5.75 Å². The predicted molar refractivity (Wildman–Crippen MR) is 122 cm³/mol. The molecule has 0 unspecified atom stereocenters. The van der Waals surface area contributed by atoms with Gasteiger partial charge in [0.2, 0.25) is 0 Å². The number of aryl methyl sites for hydroxylation is 2. The van der Waals surface area contributed by atoms with Gasteiger partial charge in [0, 0.05) is 24.2 Å². The Balaban J connectivity index is 1.49. The number of para-hydroxylation sites is 1. The largest absolute Gasteiger partial charge is 0.481 e. The molecule has 0 atom stereocenters. The molecule has 0 saturated carbocycles. The average molecular weight is 404 g/mol. The number of ether oxygens (including phenoxy) is 1. The molecule has 0 spiro atoms. The van der Waals surface area contributed by atoms with E-state index in [1.54, 1.807) is 0 Å². The Morgan fingerprint density at radius 3 is 2.60 bits per heavy atom. The molecule has 1 aromatic heterocycles. The van der Waals surface area contributed by atoms with Crippen LogP contribution in [0, 0.1) is 13.8 Å². The third-order valence-electron chi connectivity index (χ3n) is 5.61. The first-order chi connectivity index (χ1) is 14.6. The van der Waals surface area contributed by atoms with Crippen LogP contribution in [0.2, 0.25) is 0 Å². The Labute approximate surface area is 178 Å². The van der Waals surface area contributed by atoms with Crippen LogP contribution in [-0.4, -0.2) is 30.6 Å². The number of hydrogen-bond donors (Lipinski definition) is 1. The molecule has 1 N–H and O–H groups in total. The number of benzene rings is 2. The van der Waals surface area contributed by atoms with Gasteiger partial charge in [-0.05, 0) is 56.5 Å². The molecule has 2 aromatic carbocycles. The molecule has 30 heavy (non-hydrogen) atoms. The zero-order valence-corrected chi connectivity index (χ0v) is 17.8. The van der Waals surface area contributed by atoms with Crippen molar-refractivity contribution >= 4 is 28.3 Å². The first-order valence-corrected chi connectivity index (χ1v) is 10.7. The molecule has 156 valence electrons. The Hall–Kier alpha value is -3.08. The number of anilines is 2. The normalized spacial score (nSPS) is 14.4. The lowest BCUT2D eigenvalue weighted by Gasteiger charge is -2.22. The van der Waals surface area contributed by atoms with Crippen LogP contribution in [0.25, 0.3) is 10.9 Å². The van der Waals surface area contributed by atoms with Crippen molar-refractivity contribution in [1.82, 2.24) is 4.98 Å². The highest BCUT2D eigenvalue weighted by atomic mass is 16.5. The van der Waals surface area contributed by atoms with E-state index in [-0.39, 0.29) is 12.5 Å². The first kappa shape index (κ1) is 20.2. The van der Waals surface area contributed by atoms with E-state index in [0.717, 1.165) is 41.1 Å². The van der Waals surface area contributed by atoms with Crippen LogP contribution in [0.3, 0.4) is 0 Å². The molecule has 1 fully saturated rings. The van der Waals surface area contributed by atoms with E-state index in [2.05, 4.69) is 28.4 Å². The number of hydrogen-bond acceptors (Lipinski definition) is 4. The molecule has 1 amide bonds. The second-order valence-corrected chi connectivity index (χ2v) is 8.05. The van der Waals surface area contributed by atoms with Gasteiger partial charge < -0.3 is 15.0 Å². The Morgan fingerprint density at radius 2 is 1.83 bits per heavy atom. The van der Waals surface area contributed by atoms with Crippen LogP contribution in [0.1, 0.15) is 36.8 Å². The predicted octanol–water partition coefficient (Wildman–Crippen LogP) is 5.25. The van der Waals surface area contributed by atoms with Crippen molar-refractivity contribution in [2.45, 2.75) is 39.5 Å². The van der Waals surface area contributed by atoms with Crippen LogP contribution in [0.5, 0.6) is 5.75 Å². The van der Waals surface area contributed by atoms with Gasteiger partial charge in [0.1, 0.15) is 17.1 Å². The molecular formula is C25H29N3O2. The summed E-state index contributed by atoms with van der Waals surface area (Å²) in [5.41, 5.74) is 3.83. The van der Waals surface area contributed by atoms with Crippen molar-refractivity contribution in [2.24, 2.45) is 0 Å². The molecule has 1 saturated heterocycles. The van der Waals surface area contributed by atoms with Crippen molar-refractivity contribution < 1.29 is 9.53 Å². The Morgan fingerprint density at radius 1 is 1.03 bits per heavy atom. The quantitative estimate of drug-likeness (QED) is 0.632. The van der Waals surface area contributed by atoms with Crippen LogP contribution in [0.4, 0.5) is 11.5 Å². The summed E-state index contributed by atoms with van der Waals surface area (Å²) in [6.07, 6.45) is 4.98. The van der Waals surface area contributed by atoms with Crippen molar-refractivity contribution in [3.63, 3.8) is 0 Å². The number of aromatic nitrogens is 1. The average Bonchev–Trinajstić information content (AvgIpc) is 3.03. The van der Waals surface area contributed by atoms with Gasteiger partial charge in [-0.1, -0.05) is 42.7 Å². The molecule has 5 heteroatoms. The molecular weight excluding hydrogens is 374 g/mol. The summed E-state index contributed by atoms with van der Waals surface area (Å²) in [4.78, 5) is 19.7. The highest BCUT2D eigenvalue weighted by Gasteiger charge is 2.14. The SMILES string of the molecule is Cc1ccc(NC(=O)COc2cccc3ccc(N4CCCCCC4)nc23)c(C)c1. The van der Waals surface area contributed by atoms with E-state index in [1.807, 2.05) is 44.2 Å². The van der Waals surface area contributed by atoms with Crippen molar-refractivity contribution in [1.29, 1.82) is 0 Å². The molecule has 1 aliphatic heterocycles. The minimum atomic E-state index is -0.178. The molecule has 0 aliphatic carbocycles. The summed E-state index contributed by atoms with van der Waals surface area (Å²) < 4.78 is 5.89. The van der Waals surface area contributed by atoms with Gasteiger partial charge in [0.05, 0.1) is 0 Å². The second kappa shape index (κ2) is 9.16. The standard InChI is InChI=1S/C25H29N3O2/c1-18-10-12-21(19(2)16-18)26-24(29)17-30-22-9-7-8-20-11-13-23(27-25(20)22)28-14-5-3-4-6-15-28/h7-13,16H,3-6,14-15,17H2,1-2H3,(H,26,29). The van der Waals surface area contributed by atoms with E-state index < -0.39 is 0 Å². The Kier molecular flexibility index (Phi) is 6.17. The van der Waals surface area contributed by atoms with Gasteiger partial charge >= 0.3 is 0 Å². The monoisotopic (exact) mass is 403 g/mol. The zero-order valence-electron chi connectivity index (χ0n) is 17.8. The molecule has 5 nitrogen and oxygen atoms in total. The highest BCUT2D eigenvalue weighted by Crippen LogP contribution is 2.27. The maximum absolute atomic E-state index is 12.4. The summed E-state index contributed by atoms with van der Waals surface area (Å²) in [6, 6.07) is 16.0. The smallest absolute Gasteiger partial charge is 0.262 e. The molecule has 0 bridgehead atoms. The molecule has 4 rings (SSSR count). The Bertz CT molecular complexity index is 1040. The molecule has 3 aromatic rings. The highest BCUT2D eigenvalue weighted by molar-refractivity contribution is 5.93. The molecule has 1 aliphatic rings. The van der Waals surface area contributed by atoms with Crippen LogP contribution in [0.15, 0.2) is 48.5 Å². The maximum atomic E-state index is 12.4. The van der Waals surface area contributed by atoms with Crippen LogP contribution >= 0.6 is 0 Å². The maximum Gasteiger partial charge on any atom is 0.262 e. The van der Waals surface area contributed by atoms with Crippen molar-refractivity contribution in [2.75, 3.05) is 29.9 Å². The van der Waals surface area contributed by atoms with Gasteiger partial charge in [-0.3, -0.25) is 4.79 Å². The van der Waals surface area contributed by atoms with E-state index in [9.17, 15) is 4.79 Å². The van der Waals surface area contributed by atoms with Gasteiger partial charge in [0.15, 0.2) is 6.61 Å². The van der Waals surface area contributed by atoms with Crippen molar-refractivity contribution in [3.05, 3.63) is 59.7 Å². The lowest BCUT2D eigenvalue weighted by atomic mass is 10.1. The summed E-state index contributed by atoms with van der Waals surface area (Å²) in [7, 11) is 0. The van der Waals surface area contributed by atoms with Gasteiger partial charge in [-0.15, -0.1) is 0 Å². The number of nitrogens with one attached hydrogen (secondary N) is 1. The summed E-state index contributed by atoms with van der Waals surface area (Å²) in [5, 5.41) is 3.95. The zero-order chi connectivity index (χ0) is 20.9. The lowest BCUT2D eigenvalue weighted by molar-refractivity contribution is -0.118. The number of rotatable bonds is 5. The third-order valence-corrected chi connectivity index (χ3v) is 5.61. The number of carbonyl (C=O) groups excluding carboxylic acids is 1. The minimum absolute atomic E-state index is 0.0535. The fourth-order valence-corrected chi connectivity index (χ4v) is 3.99. The number of nitrogens with zero attached hydrogens (tertiary/aromatic N) is 2. The van der Waals surface area contributed by atoms with E-state index >= 15 is 0 Å². The van der Waals surface area contributed by atoms with Gasteiger partial charge in [0.25, 0.3) is 5.91 Å². The number of carbonyl (C=O) groups is 1. The number of amides is 1. The van der Waals surface area contributed by atoms with E-state index in [1.165, 1.54) is 31.2 Å². The van der Waals surface area contributed by atoms with Crippen molar-refractivity contribution in [3.8, 4) is 5.75 Å².